The number of esters is 1. The molecule has 1 heterocycles. The van der Waals surface area contributed by atoms with Gasteiger partial charge in [-0.05, 0) is 18.1 Å². The molecule has 0 aliphatic heterocycles. The van der Waals surface area contributed by atoms with Crippen molar-refractivity contribution >= 4 is 33.6 Å². The smallest absolute Gasteiger partial charge is 0.321 e. The van der Waals surface area contributed by atoms with Gasteiger partial charge in [-0.15, -0.1) is 10.2 Å². The number of amides is 2. The fraction of sp³-hybridized carbons (Fsp3) is 0.273. The number of anilines is 2. The number of urea groups is 1. The van der Waals surface area contributed by atoms with Gasteiger partial charge in [0.25, 0.3) is 0 Å². The molecule has 0 radical (unpaired) electrons. The first-order chi connectivity index (χ1) is 15.0. The average molecular weight is 440 g/mol. The molecule has 0 fully saturated rings. The Morgan fingerprint density at radius 2 is 1.74 bits per heavy atom. The van der Waals surface area contributed by atoms with E-state index in [4.69, 9.17) is 4.74 Å². The second-order valence-electron chi connectivity index (χ2n) is 6.80. The van der Waals surface area contributed by atoms with E-state index in [1.165, 1.54) is 11.3 Å². The number of hydrogen-bond donors (Lipinski definition) is 2. The van der Waals surface area contributed by atoms with E-state index in [2.05, 4.69) is 20.8 Å². The van der Waals surface area contributed by atoms with Crippen molar-refractivity contribution in [3.63, 3.8) is 0 Å². The predicted molar refractivity (Wildman–Crippen MR) is 121 cm³/mol. The summed E-state index contributed by atoms with van der Waals surface area (Å²) >= 11 is 1.27. The number of nitrogens with zero attached hydrogens (tertiary/aromatic N) is 3. The van der Waals surface area contributed by atoms with Crippen LogP contribution >= 0.6 is 11.3 Å². The normalized spacial score (nSPS) is 11.4. The summed E-state index contributed by atoms with van der Waals surface area (Å²) in [5.41, 5.74) is 1.96. The van der Waals surface area contributed by atoms with Gasteiger partial charge >= 0.3 is 12.0 Å². The summed E-state index contributed by atoms with van der Waals surface area (Å²) in [4.78, 5) is 26.5. The third-order valence-corrected chi connectivity index (χ3v) is 5.36. The Morgan fingerprint density at radius 1 is 1.06 bits per heavy atom. The zero-order valence-electron chi connectivity index (χ0n) is 17.4. The number of benzene rings is 2. The van der Waals surface area contributed by atoms with Crippen molar-refractivity contribution in [2.45, 2.75) is 25.9 Å². The van der Waals surface area contributed by atoms with Crippen molar-refractivity contribution in [3.8, 4) is 0 Å². The Hall–Kier alpha value is -3.46. The molecule has 0 unspecified atom stereocenters. The summed E-state index contributed by atoms with van der Waals surface area (Å²) in [6.07, 6.45) is 0.0342. The Morgan fingerprint density at radius 3 is 2.42 bits per heavy atom. The molecular weight excluding hydrogens is 414 g/mol. The van der Waals surface area contributed by atoms with E-state index in [0.29, 0.717) is 16.8 Å². The number of hydrogen-bond acceptors (Lipinski definition) is 7. The summed E-state index contributed by atoms with van der Waals surface area (Å²) in [6, 6.07) is 18.3. The molecule has 31 heavy (non-hydrogen) atoms. The number of nitrogens with one attached hydrogen (secondary N) is 2. The van der Waals surface area contributed by atoms with Crippen molar-refractivity contribution in [3.05, 3.63) is 71.8 Å². The van der Waals surface area contributed by atoms with E-state index in [-0.39, 0.29) is 19.0 Å². The number of aromatic nitrogens is 2. The second kappa shape index (κ2) is 11.1. The van der Waals surface area contributed by atoms with Gasteiger partial charge in [0.05, 0.1) is 19.1 Å². The Balaban J connectivity index is 1.61. The highest BCUT2D eigenvalue weighted by Crippen LogP contribution is 2.25. The molecule has 1 aromatic heterocycles. The molecule has 2 aromatic carbocycles. The van der Waals surface area contributed by atoms with Crippen LogP contribution in [-0.4, -0.2) is 35.9 Å². The van der Waals surface area contributed by atoms with Crippen LogP contribution in [0.3, 0.4) is 0 Å². The number of ether oxygens (including phenoxy) is 1. The number of carbonyl (C=O) groups is 2. The van der Waals surface area contributed by atoms with Gasteiger partial charge < -0.3 is 15.0 Å². The third kappa shape index (κ3) is 6.78. The molecular formula is C22H25N5O3S. The molecule has 0 saturated carbocycles. The van der Waals surface area contributed by atoms with Crippen LogP contribution < -0.4 is 15.5 Å². The van der Waals surface area contributed by atoms with Crippen LogP contribution in [0.5, 0.6) is 0 Å². The third-order valence-electron chi connectivity index (χ3n) is 4.41. The predicted octanol–water partition coefficient (Wildman–Crippen LogP) is 3.99. The van der Waals surface area contributed by atoms with E-state index in [1.807, 2.05) is 72.6 Å². The van der Waals surface area contributed by atoms with Crippen molar-refractivity contribution in [1.82, 2.24) is 15.5 Å². The van der Waals surface area contributed by atoms with Crippen LogP contribution in [-0.2, 0) is 16.1 Å². The zero-order valence-corrected chi connectivity index (χ0v) is 18.3. The molecule has 0 aliphatic carbocycles. The molecule has 0 spiro atoms. The first kappa shape index (κ1) is 22.2. The topological polar surface area (TPSA) is 96.4 Å². The maximum Gasteiger partial charge on any atom is 0.321 e. The van der Waals surface area contributed by atoms with E-state index in [0.717, 1.165) is 11.1 Å². The fourth-order valence-electron chi connectivity index (χ4n) is 2.96. The number of carbonyl (C=O) groups excluding carboxylic acids is 2. The van der Waals surface area contributed by atoms with Gasteiger partial charge in [-0.2, -0.15) is 0 Å². The van der Waals surface area contributed by atoms with Crippen LogP contribution in [0.4, 0.5) is 15.1 Å². The minimum atomic E-state index is -0.520. The minimum absolute atomic E-state index is 0.0342. The van der Waals surface area contributed by atoms with Crippen LogP contribution in [0.15, 0.2) is 60.7 Å². The summed E-state index contributed by atoms with van der Waals surface area (Å²) in [5, 5.41) is 14.8. The number of rotatable bonds is 9. The molecule has 3 rings (SSSR count). The summed E-state index contributed by atoms with van der Waals surface area (Å²) in [6.45, 7) is 2.71. The molecule has 0 saturated heterocycles. The second-order valence-corrected chi connectivity index (χ2v) is 7.76. The van der Waals surface area contributed by atoms with Gasteiger partial charge in [0.2, 0.25) is 10.3 Å². The van der Waals surface area contributed by atoms with Gasteiger partial charge in [0.1, 0.15) is 0 Å². The van der Waals surface area contributed by atoms with Crippen LogP contribution in [0.2, 0.25) is 0 Å². The average Bonchev–Trinajstić information content (AvgIpc) is 3.23. The molecule has 2 N–H and O–H groups in total. The van der Waals surface area contributed by atoms with E-state index in [9.17, 15) is 9.59 Å². The monoisotopic (exact) mass is 439 g/mol. The van der Waals surface area contributed by atoms with Gasteiger partial charge in [0.15, 0.2) is 0 Å². The maximum atomic E-state index is 12.6. The largest absolute Gasteiger partial charge is 0.466 e. The molecule has 0 aliphatic rings. The molecule has 2 amide bonds. The Kier molecular flexibility index (Phi) is 7.94. The quantitative estimate of drug-likeness (QED) is 0.490. The van der Waals surface area contributed by atoms with Crippen molar-refractivity contribution < 1.29 is 14.3 Å². The molecule has 9 heteroatoms. The van der Waals surface area contributed by atoms with Crippen LogP contribution in [0.25, 0.3) is 0 Å². The molecule has 8 nitrogen and oxygen atoms in total. The lowest BCUT2D eigenvalue weighted by Crippen LogP contribution is -2.34. The highest BCUT2D eigenvalue weighted by Gasteiger charge is 2.20. The van der Waals surface area contributed by atoms with Gasteiger partial charge in [-0.1, -0.05) is 72.0 Å². The van der Waals surface area contributed by atoms with E-state index in [1.54, 1.807) is 6.92 Å². The van der Waals surface area contributed by atoms with Gasteiger partial charge in [-0.3, -0.25) is 10.1 Å². The Labute approximate surface area is 185 Å². The molecule has 3 aromatic rings. The van der Waals surface area contributed by atoms with Crippen LogP contribution in [0, 0.1) is 0 Å². The van der Waals surface area contributed by atoms with Crippen molar-refractivity contribution in [1.29, 1.82) is 0 Å². The summed E-state index contributed by atoms with van der Waals surface area (Å²) in [5.74, 6) is -0.377. The van der Waals surface area contributed by atoms with Gasteiger partial charge in [0, 0.05) is 13.6 Å². The summed E-state index contributed by atoms with van der Waals surface area (Å²) in [7, 11) is 1.92. The highest BCUT2D eigenvalue weighted by molar-refractivity contribution is 7.19. The summed E-state index contributed by atoms with van der Waals surface area (Å²) < 4.78 is 5.04. The molecule has 0 bridgehead atoms. The lowest BCUT2D eigenvalue weighted by molar-refractivity contribution is -0.143. The van der Waals surface area contributed by atoms with Crippen molar-refractivity contribution in [2.24, 2.45) is 0 Å². The zero-order chi connectivity index (χ0) is 22.1. The maximum absolute atomic E-state index is 12.6. The van der Waals surface area contributed by atoms with Crippen molar-refractivity contribution in [2.75, 3.05) is 23.9 Å². The lowest BCUT2D eigenvalue weighted by atomic mass is 10.0. The SMILES string of the molecule is CCOC(=O)C[C@H](NC(=O)Nc1nnc(N(C)Cc2ccccc2)s1)c1ccccc1. The fourth-order valence-corrected chi connectivity index (χ4v) is 3.66. The lowest BCUT2D eigenvalue weighted by Gasteiger charge is -2.18. The van der Waals surface area contributed by atoms with Crippen LogP contribution in [0.1, 0.15) is 30.5 Å². The van der Waals surface area contributed by atoms with Gasteiger partial charge in [-0.25, -0.2) is 4.79 Å². The standard InChI is InChI=1S/C22H25N5O3S/c1-3-30-19(28)14-18(17-12-8-5-9-13-17)23-20(29)24-21-25-26-22(31-21)27(2)15-16-10-6-4-7-11-16/h4-13,18H,3,14-15H2,1-2H3,(H2,23,24,25,29)/t18-/m0/s1. The molecule has 162 valence electrons. The Bertz CT molecular complexity index is 981. The minimum Gasteiger partial charge on any atom is -0.466 e. The van der Waals surface area contributed by atoms with E-state index < -0.39 is 12.1 Å². The first-order valence-electron chi connectivity index (χ1n) is 9.91. The molecule has 1 atom stereocenters. The highest BCUT2D eigenvalue weighted by atomic mass is 32.1. The van der Waals surface area contributed by atoms with E-state index >= 15 is 0 Å². The first-order valence-corrected chi connectivity index (χ1v) is 10.7.